The van der Waals surface area contributed by atoms with Crippen LogP contribution in [0, 0.1) is 0 Å². The smallest absolute Gasteiger partial charge is 0.0544 e. The first-order chi connectivity index (χ1) is 5.81. The third-order valence-corrected chi connectivity index (χ3v) is 2.57. The van der Waals surface area contributed by atoms with Gasteiger partial charge in [0.1, 0.15) is 0 Å². The van der Waals surface area contributed by atoms with E-state index in [2.05, 4.69) is 29.8 Å². The van der Waals surface area contributed by atoms with Gasteiger partial charge in [-0.2, -0.15) is 0 Å². The normalized spacial score (nSPS) is 13.2. The van der Waals surface area contributed by atoms with E-state index in [1.807, 2.05) is 0 Å². The lowest BCUT2D eigenvalue weighted by molar-refractivity contribution is 0.0608. The molecule has 0 amide bonds. The molecule has 0 aromatic heterocycles. The molecule has 2 heteroatoms. The van der Waals surface area contributed by atoms with Gasteiger partial charge in [-0.05, 0) is 26.2 Å². The van der Waals surface area contributed by atoms with E-state index in [0.717, 1.165) is 18.4 Å². The van der Waals surface area contributed by atoms with Crippen molar-refractivity contribution in [2.45, 2.75) is 52.1 Å². The Morgan fingerprint density at radius 3 is 2.42 bits per heavy atom. The largest absolute Gasteiger partial charge is 0.379 e. The van der Waals surface area contributed by atoms with Gasteiger partial charge < -0.3 is 4.74 Å². The molecule has 0 saturated heterocycles. The van der Waals surface area contributed by atoms with Crippen LogP contribution in [0.1, 0.15) is 46.0 Å². The van der Waals surface area contributed by atoms with Crippen LogP contribution in [0.15, 0.2) is 0 Å². The van der Waals surface area contributed by atoms with Gasteiger partial charge in [0.2, 0.25) is 0 Å². The number of halogens is 1. The molecule has 0 aliphatic rings. The van der Waals surface area contributed by atoms with E-state index >= 15 is 0 Å². The molecule has 0 aliphatic heterocycles. The second-order valence-corrected chi connectivity index (χ2v) is 3.99. The number of alkyl halides is 1. The van der Waals surface area contributed by atoms with Gasteiger partial charge in [-0.3, -0.25) is 0 Å². The van der Waals surface area contributed by atoms with Crippen molar-refractivity contribution in [3.05, 3.63) is 0 Å². The van der Waals surface area contributed by atoms with E-state index in [1.54, 1.807) is 0 Å². The molecular formula is C10H21BrO. The Kier molecular flexibility index (Phi) is 9.88. The number of unbranched alkanes of at least 4 members (excludes halogenated alkanes) is 3. The minimum Gasteiger partial charge on any atom is -0.379 e. The molecule has 1 atom stereocenters. The molecule has 0 spiro atoms. The van der Waals surface area contributed by atoms with Crippen LogP contribution in [-0.4, -0.2) is 18.0 Å². The Labute approximate surface area is 85.0 Å². The predicted molar refractivity (Wildman–Crippen MR) is 58.0 cm³/mol. The summed E-state index contributed by atoms with van der Waals surface area (Å²) in [4.78, 5) is 0. The van der Waals surface area contributed by atoms with Crippen molar-refractivity contribution in [2.24, 2.45) is 0 Å². The highest BCUT2D eigenvalue weighted by Crippen LogP contribution is 2.04. The Balaban J connectivity index is 2.90. The van der Waals surface area contributed by atoms with Crippen LogP contribution >= 0.6 is 15.9 Å². The van der Waals surface area contributed by atoms with E-state index in [4.69, 9.17) is 4.74 Å². The average Bonchev–Trinajstić information content (AvgIpc) is 2.10. The molecule has 0 bridgehead atoms. The highest BCUT2D eigenvalue weighted by atomic mass is 79.9. The van der Waals surface area contributed by atoms with Crippen LogP contribution < -0.4 is 0 Å². The fraction of sp³-hybridized carbons (Fsp3) is 1.00. The Morgan fingerprint density at radius 2 is 1.83 bits per heavy atom. The van der Waals surface area contributed by atoms with Gasteiger partial charge in [-0.25, -0.2) is 0 Å². The lowest BCUT2D eigenvalue weighted by Crippen LogP contribution is -2.07. The number of hydrogen-bond acceptors (Lipinski definition) is 1. The second kappa shape index (κ2) is 9.53. The molecule has 12 heavy (non-hydrogen) atoms. The third kappa shape index (κ3) is 8.54. The number of ether oxygens (including phenoxy) is 1. The first kappa shape index (κ1) is 12.4. The quantitative estimate of drug-likeness (QED) is 0.461. The van der Waals surface area contributed by atoms with Crippen molar-refractivity contribution >= 4 is 15.9 Å². The molecule has 1 unspecified atom stereocenters. The lowest BCUT2D eigenvalue weighted by Gasteiger charge is -2.09. The molecule has 0 aromatic rings. The topological polar surface area (TPSA) is 9.23 Å². The molecule has 74 valence electrons. The van der Waals surface area contributed by atoms with Crippen molar-refractivity contribution in [3.63, 3.8) is 0 Å². The highest BCUT2D eigenvalue weighted by molar-refractivity contribution is 9.09. The monoisotopic (exact) mass is 236 g/mol. The Hall–Kier alpha value is 0.440. The first-order valence-electron chi connectivity index (χ1n) is 4.98. The van der Waals surface area contributed by atoms with Gasteiger partial charge in [0.25, 0.3) is 0 Å². The second-order valence-electron chi connectivity index (χ2n) is 3.19. The zero-order valence-corrected chi connectivity index (χ0v) is 9.90. The molecular weight excluding hydrogens is 216 g/mol. The van der Waals surface area contributed by atoms with Crippen molar-refractivity contribution in [3.8, 4) is 0 Å². The minimum absolute atomic E-state index is 0.446. The summed E-state index contributed by atoms with van der Waals surface area (Å²) in [5.41, 5.74) is 0. The van der Waals surface area contributed by atoms with Crippen LogP contribution in [0.4, 0.5) is 0 Å². The number of hydrogen-bond donors (Lipinski definition) is 0. The summed E-state index contributed by atoms with van der Waals surface area (Å²) >= 11 is 3.42. The third-order valence-electron chi connectivity index (χ3n) is 2.01. The molecule has 0 radical (unpaired) electrons. The van der Waals surface area contributed by atoms with Crippen LogP contribution in [0.5, 0.6) is 0 Å². The van der Waals surface area contributed by atoms with Crippen molar-refractivity contribution in [1.29, 1.82) is 0 Å². The Bertz CT molecular complexity index is 85.9. The molecule has 0 saturated carbocycles. The minimum atomic E-state index is 0.446. The summed E-state index contributed by atoms with van der Waals surface area (Å²) in [7, 11) is 0. The van der Waals surface area contributed by atoms with Crippen LogP contribution in [0.3, 0.4) is 0 Å². The van der Waals surface area contributed by atoms with Crippen molar-refractivity contribution < 1.29 is 4.74 Å². The van der Waals surface area contributed by atoms with Crippen LogP contribution in [-0.2, 0) is 4.74 Å². The molecule has 0 heterocycles. The zero-order valence-electron chi connectivity index (χ0n) is 8.31. The fourth-order valence-electron chi connectivity index (χ4n) is 0.952. The molecule has 0 aromatic carbocycles. The van der Waals surface area contributed by atoms with E-state index < -0.39 is 0 Å². The van der Waals surface area contributed by atoms with E-state index in [0.29, 0.717) is 6.10 Å². The average molecular weight is 237 g/mol. The van der Waals surface area contributed by atoms with Crippen LogP contribution in [0.2, 0.25) is 0 Å². The summed E-state index contributed by atoms with van der Waals surface area (Å²) in [6.45, 7) is 5.24. The van der Waals surface area contributed by atoms with Gasteiger partial charge in [0, 0.05) is 11.9 Å². The molecule has 0 N–H and O–H groups in total. The van der Waals surface area contributed by atoms with E-state index in [1.165, 1.54) is 25.7 Å². The maximum absolute atomic E-state index is 5.56. The Morgan fingerprint density at radius 1 is 1.17 bits per heavy atom. The predicted octanol–water partition coefficient (Wildman–Crippen LogP) is 3.76. The summed E-state index contributed by atoms with van der Waals surface area (Å²) in [6, 6.07) is 0. The molecule has 1 nitrogen and oxygen atoms in total. The SMILES string of the molecule is CCC(C)OCCCCCCBr. The number of rotatable bonds is 8. The van der Waals surface area contributed by atoms with Gasteiger partial charge in [0.15, 0.2) is 0 Å². The standard InChI is InChI=1S/C10H21BrO/c1-3-10(2)12-9-7-5-4-6-8-11/h10H,3-9H2,1-2H3. The van der Waals surface area contributed by atoms with Gasteiger partial charge in [-0.1, -0.05) is 35.7 Å². The fourth-order valence-corrected chi connectivity index (χ4v) is 1.35. The van der Waals surface area contributed by atoms with Gasteiger partial charge >= 0.3 is 0 Å². The molecule has 0 rings (SSSR count). The first-order valence-corrected chi connectivity index (χ1v) is 6.11. The molecule has 0 fully saturated rings. The summed E-state index contributed by atoms with van der Waals surface area (Å²) in [5.74, 6) is 0. The maximum Gasteiger partial charge on any atom is 0.0544 e. The van der Waals surface area contributed by atoms with Crippen molar-refractivity contribution in [2.75, 3.05) is 11.9 Å². The highest BCUT2D eigenvalue weighted by Gasteiger charge is 1.96. The van der Waals surface area contributed by atoms with Gasteiger partial charge in [-0.15, -0.1) is 0 Å². The summed E-state index contributed by atoms with van der Waals surface area (Å²) < 4.78 is 5.56. The summed E-state index contributed by atoms with van der Waals surface area (Å²) in [5, 5.41) is 1.14. The van der Waals surface area contributed by atoms with Crippen molar-refractivity contribution in [1.82, 2.24) is 0 Å². The maximum atomic E-state index is 5.56. The van der Waals surface area contributed by atoms with Gasteiger partial charge in [0.05, 0.1) is 6.10 Å². The van der Waals surface area contributed by atoms with Crippen LogP contribution in [0.25, 0.3) is 0 Å². The van der Waals surface area contributed by atoms with E-state index in [-0.39, 0.29) is 0 Å². The lowest BCUT2D eigenvalue weighted by atomic mass is 10.2. The summed E-state index contributed by atoms with van der Waals surface area (Å²) in [6.07, 6.45) is 6.72. The zero-order chi connectivity index (χ0) is 9.23. The van der Waals surface area contributed by atoms with E-state index in [9.17, 15) is 0 Å². The molecule has 0 aliphatic carbocycles.